The van der Waals surface area contributed by atoms with Crippen LogP contribution in [0.1, 0.15) is 168 Å². The average Bonchev–Trinajstić information content (AvgIpc) is 3.80. The number of hydrogen-bond acceptors (Lipinski definition) is 8. The molecule has 3 aliphatic heterocycles. The Balaban J connectivity index is 1.17. The first-order valence-corrected chi connectivity index (χ1v) is 18.9. The lowest BCUT2D eigenvalue weighted by molar-refractivity contribution is -0.147. The fourth-order valence-corrected chi connectivity index (χ4v) is 7.48. The predicted octanol–water partition coefficient (Wildman–Crippen LogP) is 7.12. The molecule has 0 amide bonds. The first-order chi connectivity index (χ1) is 21.8. The molecule has 3 saturated heterocycles. The van der Waals surface area contributed by atoms with Crippen LogP contribution in [0.3, 0.4) is 0 Å². The highest BCUT2D eigenvalue weighted by atomic mass is 16.6. The molecule has 0 bridgehead atoms. The molecular formula is C37H66O8. The number of ketones is 1. The van der Waals surface area contributed by atoms with E-state index in [0.29, 0.717) is 25.7 Å². The maximum absolute atomic E-state index is 11.9. The van der Waals surface area contributed by atoms with Gasteiger partial charge in [0.05, 0.1) is 42.7 Å². The Hall–Kier alpha value is -1.06. The van der Waals surface area contributed by atoms with Crippen LogP contribution >= 0.6 is 0 Å². The SMILES string of the molecule is CCCCCCCCCC[C@H](O)[C@@H]1CC[C@H]([C@H](O)CC[C@H](O)[C@H]2CC[C@@H](CCCCCCC[C@@H]3C[C@@H](C(=O)CC)C(=O)O3)O2)O1. The third-order valence-corrected chi connectivity index (χ3v) is 10.5. The van der Waals surface area contributed by atoms with E-state index in [2.05, 4.69) is 6.92 Å². The lowest BCUT2D eigenvalue weighted by atomic mass is 9.96. The zero-order chi connectivity index (χ0) is 32.4. The van der Waals surface area contributed by atoms with Crippen molar-refractivity contribution in [3.63, 3.8) is 0 Å². The lowest BCUT2D eigenvalue weighted by Crippen LogP contribution is -2.33. The van der Waals surface area contributed by atoms with E-state index in [1.165, 1.54) is 38.5 Å². The van der Waals surface area contributed by atoms with Crippen molar-refractivity contribution < 1.29 is 39.1 Å². The molecule has 8 heteroatoms. The van der Waals surface area contributed by atoms with Gasteiger partial charge in [-0.15, -0.1) is 0 Å². The topological polar surface area (TPSA) is 123 Å². The minimum Gasteiger partial charge on any atom is -0.462 e. The molecule has 3 fully saturated rings. The Kier molecular flexibility index (Phi) is 18.5. The van der Waals surface area contributed by atoms with Crippen LogP contribution in [0.15, 0.2) is 0 Å². The summed E-state index contributed by atoms with van der Waals surface area (Å²) in [5, 5.41) is 32.1. The molecule has 3 aliphatic rings. The molecule has 0 aromatic rings. The Morgan fingerprint density at radius 2 is 1.13 bits per heavy atom. The van der Waals surface area contributed by atoms with Crippen molar-refractivity contribution in [2.45, 2.75) is 217 Å². The van der Waals surface area contributed by atoms with Crippen LogP contribution in [0.25, 0.3) is 0 Å². The largest absolute Gasteiger partial charge is 0.462 e. The van der Waals surface area contributed by atoms with E-state index in [9.17, 15) is 24.9 Å². The van der Waals surface area contributed by atoms with Crippen molar-refractivity contribution in [2.24, 2.45) is 5.92 Å². The zero-order valence-electron chi connectivity index (χ0n) is 28.5. The summed E-state index contributed by atoms with van der Waals surface area (Å²) in [6.45, 7) is 4.03. The number of ether oxygens (including phenoxy) is 3. The number of aliphatic hydroxyl groups is 3. The van der Waals surface area contributed by atoms with E-state index in [1.807, 2.05) is 0 Å². The fraction of sp³-hybridized carbons (Fsp3) is 0.946. The summed E-state index contributed by atoms with van der Waals surface area (Å²) in [5.74, 6) is -0.876. The van der Waals surface area contributed by atoms with Gasteiger partial charge in [0.25, 0.3) is 0 Å². The second kappa shape index (κ2) is 21.7. The minimum atomic E-state index is -0.627. The minimum absolute atomic E-state index is 0.00288. The normalized spacial score (nSPS) is 28.8. The summed E-state index contributed by atoms with van der Waals surface area (Å²) < 4.78 is 17.6. The number of rotatable bonds is 25. The van der Waals surface area contributed by atoms with Crippen LogP contribution in [0, 0.1) is 5.92 Å². The summed E-state index contributed by atoms with van der Waals surface area (Å²) in [5.41, 5.74) is 0. The molecule has 262 valence electrons. The van der Waals surface area contributed by atoms with Crippen LogP contribution in [0.2, 0.25) is 0 Å². The summed E-state index contributed by atoms with van der Waals surface area (Å²) in [6, 6.07) is 0. The van der Waals surface area contributed by atoms with Crippen LogP contribution in [0.4, 0.5) is 0 Å². The second-order valence-corrected chi connectivity index (χ2v) is 14.2. The van der Waals surface area contributed by atoms with Gasteiger partial charge in [-0.05, 0) is 64.2 Å². The molecule has 0 aromatic heterocycles. The number of cyclic esters (lactones) is 1. The van der Waals surface area contributed by atoms with Crippen molar-refractivity contribution >= 4 is 11.8 Å². The van der Waals surface area contributed by atoms with Crippen molar-refractivity contribution in [1.29, 1.82) is 0 Å². The fourth-order valence-electron chi connectivity index (χ4n) is 7.48. The van der Waals surface area contributed by atoms with Gasteiger partial charge in [-0.2, -0.15) is 0 Å². The number of unbranched alkanes of at least 4 members (excludes halogenated alkanes) is 11. The smallest absolute Gasteiger partial charge is 0.316 e. The van der Waals surface area contributed by atoms with E-state index < -0.39 is 24.2 Å². The maximum atomic E-state index is 11.9. The van der Waals surface area contributed by atoms with Crippen LogP contribution in [-0.4, -0.2) is 75.9 Å². The van der Waals surface area contributed by atoms with E-state index in [4.69, 9.17) is 14.2 Å². The van der Waals surface area contributed by atoms with E-state index >= 15 is 0 Å². The summed E-state index contributed by atoms with van der Waals surface area (Å²) in [4.78, 5) is 23.7. The van der Waals surface area contributed by atoms with Gasteiger partial charge in [0.15, 0.2) is 0 Å². The molecular weight excluding hydrogens is 572 g/mol. The number of aliphatic hydroxyl groups excluding tert-OH is 3. The highest BCUT2D eigenvalue weighted by Crippen LogP contribution is 2.31. The Labute approximate surface area is 273 Å². The number of Topliss-reactive ketones (excluding diaryl/α,β-unsaturated/α-hetero) is 1. The second-order valence-electron chi connectivity index (χ2n) is 14.2. The Morgan fingerprint density at radius 3 is 1.73 bits per heavy atom. The van der Waals surface area contributed by atoms with Crippen molar-refractivity contribution in [1.82, 2.24) is 0 Å². The van der Waals surface area contributed by atoms with E-state index in [0.717, 1.165) is 89.9 Å². The van der Waals surface area contributed by atoms with E-state index in [1.54, 1.807) is 6.92 Å². The number of esters is 1. The first-order valence-electron chi connectivity index (χ1n) is 18.9. The van der Waals surface area contributed by atoms with Crippen molar-refractivity contribution in [3.05, 3.63) is 0 Å². The molecule has 3 N–H and O–H groups in total. The zero-order valence-corrected chi connectivity index (χ0v) is 28.5. The highest BCUT2D eigenvalue weighted by Gasteiger charge is 2.38. The van der Waals surface area contributed by atoms with Gasteiger partial charge in [0.2, 0.25) is 0 Å². The molecule has 0 radical (unpaired) electrons. The Morgan fingerprint density at radius 1 is 0.644 bits per heavy atom. The molecule has 0 aromatic carbocycles. The van der Waals surface area contributed by atoms with Gasteiger partial charge in [0.1, 0.15) is 17.8 Å². The van der Waals surface area contributed by atoms with Crippen LogP contribution in [0.5, 0.6) is 0 Å². The van der Waals surface area contributed by atoms with Crippen molar-refractivity contribution in [3.8, 4) is 0 Å². The standard InChI is InChI=1S/C37H66O8/c1-3-5-6-7-8-9-13-16-19-31(39)35-24-25-36(45-35)33(41)22-21-32(40)34-23-20-27(43-34)17-14-11-10-12-15-18-28-26-29(30(38)4-2)37(42)44-28/h27-29,31-36,39-41H,3-26H2,1-2H3/t27-,28-,29+,31+,32+,33-,34-,35+,36-/m1/s1. The molecule has 9 atom stereocenters. The van der Waals surface area contributed by atoms with Crippen LogP contribution < -0.4 is 0 Å². The quantitative estimate of drug-likeness (QED) is 0.0549. The third kappa shape index (κ3) is 13.9. The molecule has 8 nitrogen and oxygen atoms in total. The predicted molar refractivity (Wildman–Crippen MR) is 176 cm³/mol. The summed E-state index contributed by atoms with van der Waals surface area (Å²) >= 11 is 0. The van der Waals surface area contributed by atoms with Crippen LogP contribution in [-0.2, 0) is 23.8 Å². The first kappa shape index (κ1) is 38.4. The number of carbonyl (C=O) groups is 2. The number of carbonyl (C=O) groups excluding carboxylic acids is 2. The lowest BCUT2D eigenvalue weighted by Gasteiger charge is -2.24. The Bertz CT molecular complexity index is 820. The van der Waals surface area contributed by atoms with Gasteiger partial charge >= 0.3 is 5.97 Å². The summed E-state index contributed by atoms with van der Waals surface area (Å²) in [7, 11) is 0. The molecule has 0 unspecified atom stereocenters. The molecule has 45 heavy (non-hydrogen) atoms. The number of hydrogen-bond donors (Lipinski definition) is 3. The molecule has 0 saturated carbocycles. The average molecular weight is 639 g/mol. The van der Waals surface area contributed by atoms with Gasteiger partial charge in [-0.3, -0.25) is 9.59 Å². The van der Waals surface area contributed by atoms with Crippen molar-refractivity contribution in [2.75, 3.05) is 0 Å². The van der Waals surface area contributed by atoms with E-state index in [-0.39, 0.29) is 42.3 Å². The summed E-state index contributed by atoms with van der Waals surface area (Å²) in [6.07, 6.45) is 21.2. The van der Waals surface area contributed by atoms with Gasteiger partial charge in [-0.1, -0.05) is 90.9 Å². The third-order valence-electron chi connectivity index (χ3n) is 10.5. The monoisotopic (exact) mass is 638 g/mol. The van der Waals surface area contributed by atoms with Gasteiger partial charge in [0, 0.05) is 12.8 Å². The highest BCUT2D eigenvalue weighted by molar-refractivity contribution is 5.99. The molecule has 3 heterocycles. The maximum Gasteiger partial charge on any atom is 0.316 e. The van der Waals surface area contributed by atoms with Gasteiger partial charge in [-0.25, -0.2) is 0 Å². The van der Waals surface area contributed by atoms with Gasteiger partial charge < -0.3 is 29.5 Å². The molecule has 3 rings (SSSR count). The molecule has 0 aliphatic carbocycles. The molecule has 0 spiro atoms.